The smallest absolute Gasteiger partial charge is 0.289 e. The van der Waals surface area contributed by atoms with E-state index in [9.17, 15) is 4.79 Å². The van der Waals surface area contributed by atoms with Crippen molar-refractivity contribution < 1.29 is 9.22 Å². The van der Waals surface area contributed by atoms with Crippen LogP contribution in [0.25, 0.3) is 0 Å². The number of hydrogen-bond acceptors (Lipinski definition) is 2. The SMILES string of the molecule is C=C[Si](C)(CC)OC(C)=O. The summed E-state index contributed by atoms with van der Waals surface area (Å²) in [4.78, 5) is 10.5. The summed E-state index contributed by atoms with van der Waals surface area (Å²) in [6, 6.07) is 0.899. The molecule has 0 aliphatic heterocycles. The molecule has 0 aromatic rings. The minimum atomic E-state index is -1.85. The molecule has 0 aromatic carbocycles. The van der Waals surface area contributed by atoms with Gasteiger partial charge in [-0.2, -0.15) is 0 Å². The largest absolute Gasteiger partial charge is 0.516 e. The number of rotatable bonds is 3. The van der Waals surface area contributed by atoms with Gasteiger partial charge in [0.2, 0.25) is 0 Å². The van der Waals surface area contributed by atoms with E-state index in [1.54, 1.807) is 5.70 Å². The van der Waals surface area contributed by atoms with E-state index in [4.69, 9.17) is 4.43 Å². The highest BCUT2D eigenvalue weighted by Crippen LogP contribution is 2.11. The normalized spacial score (nSPS) is 15.5. The molecule has 0 heterocycles. The van der Waals surface area contributed by atoms with E-state index in [0.717, 1.165) is 6.04 Å². The third-order valence-electron chi connectivity index (χ3n) is 1.51. The van der Waals surface area contributed by atoms with Gasteiger partial charge < -0.3 is 4.43 Å². The van der Waals surface area contributed by atoms with Crippen LogP contribution >= 0.6 is 0 Å². The van der Waals surface area contributed by atoms with Crippen LogP contribution in [0.4, 0.5) is 0 Å². The van der Waals surface area contributed by atoms with Crippen LogP contribution in [0.2, 0.25) is 12.6 Å². The summed E-state index contributed by atoms with van der Waals surface area (Å²) < 4.78 is 5.12. The molecule has 10 heavy (non-hydrogen) atoms. The van der Waals surface area contributed by atoms with Crippen molar-refractivity contribution in [2.75, 3.05) is 0 Å². The van der Waals surface area contributed by atoms with Crippen LogP contribution in [0, 0.1) is 0 Å². The maximum atomic E-state index is 10.5. The summed E-state index contributed by atoms with van der Waals surface area (Å²) in [6.45, 7) is 9.06. The van der Waals surface area contributed by atoms with Crippen molar-refractivity contribution in [1.82, 2.24) is 0 Å². The molecule has 0 amide bonds. The van der Waals surface area contributed by atoms with Gasteiger partial charge in [-0.15, -0.1) is 6.58 Å². The van der Waals surface area contributed by atoms with Gasteiger partial charge in [-0.1, -0.05) is 12.6 Å². The number of carbonyl (C=O) groups is 1. The second-order valence-electron chi connectivity index (χ2n) is 2.46. The molecule has 0 saturated carbocycles. The molecule has 2 nitrogen and oxygen atoms in total. The molecular weight excluding hydrogens is 144 g/mol. The van der Waals surface area contributed by atoms with Gasteiger partial charge in [-0.3, -0.25) is 4.79 Å². The highest BCUT2D eigenvalue weighted by atomic mass is 28.4. The Balaban J connectivity index is 4.05. The molecule has 0 radical (unpaired) electrons. The highest BCUT2D eigenvalue weighted by Gasteiger charge is 2.25. The molecule has 0 aliphatic carbocycles. The average molecular weight is 158 g/mol. The molecule has 0 saturated heterocycles. The Kier molecular flexibility index (Phi) is 3.36. The van der Waals surface area contributed by atoms with Crippen LogP contribution in [0.1, 0.15) is 13.8 Å². The van der Waals surface area contributed by atoms with Gasteiger partial charge in [0.1, 0.15) is 0 Å². The molecule has 1 atom stereocenters. The van der Waals surface area contributed by atoms with E-state index >= 15 is 0 Å². The lowest BCUT2D eigenvalue weighted by Crippen LogP contribution is -2.32. The summed E-state index contributed by atoms with van der Waals surface area (Å²) >= 11 is 0. The summed E-state index contributed by atoms with van der Waals surface area (Å²) in [5, 5.41) is 0. The summed E-state index contributed by atoms with van der Waals surface area (Å²) in [6.07, 6.45) is 0. The maximum absolute atomic E-state index is 10.5. The molecule has 0 N–H and O–H groups in total. The lowest BCUT2D eigenvalue weighted by Gasteiger charge is -2.19. The first-order valence-electron chi connectivity index (χ1n) is 3.37. The molecule has 3 heteroatoms. The standard InChI is InChI=1S/C7H14O2Si/c1-5-10(4,6-2)9-7(3)8/h5H,1,6H2,2-4H3. The third-order valence-corrected chi connectivity index (χ3v) is 4.53. The van der Waals surface area contributed by atoms with Gasteiger partial charge in [-0.05, 0) is 12.6 Å². The first kappa shape index (κ1) is 9.43. The molecule has 58 valence electrons. The summed E-state index contributed by atoms with van der Waals surface area (Å²) in [5.41, 5.74) is 1.79. The van der Waals surface area contributed by atoms with Crippen LogP contribution in [-0.2, 0) is 9.22 Å². The molecule has 0 rings (SSSR count). The van der Waals surface area contributed by atoms with Crippen LogP contribution in [0.5, 0.6) is 0 Å². The summed E-state index contributed by atoms with van der Waals surface area (Å²) in [5.74, 6) is -0.198. The topological polar surface area (TPSA) is 26.3 Å². The maximum Gasteiger partial charge on any atom is 0.289 e. The van der Waals surface area contributed by atoms with Gasteiger partial charge in [0, 0.05) is 6.92 Å². The molecule has 1 unspecified atom stereocenters. The second kappa shape index (κ2) is 3.56. The number of carbonyl (C=O) groups excluding carboxylic acids is 1. The molecule has 0 spiro atoms. The van der Waals surface area contributed by atoms with Crippen molar-refractivity contribution in [3.8, 4) is 0 Å². The minimum absolute atomic E-state index is 0.198. The fourth-order valence-electron chi connectivity index (χ4n) is 0.587. The van der Waals surface area contributed by atoms with Crippen molar-refractivity contribution in [2.24, 2.45) is 0 Å². The fourth-order valence-corrected chi connectivity index (χ4v) is 1.76. The van der Waals surface area contributed by atoms with Gasteiger partial charge in [0.15, 0.2) is 0 Å². The van der Waals surface area contributed by atoms with E-state index < -0.39 is 8.32 Å². The zero-order valence-corrected chi connectivity index (χ0v) is 7.81. The minimum Gasteiger partial charge on any atom is -0.516 e. The van der Waals surface area contributed by atoms with Gasteiger partial charge in [0.05, 0.1) is 0 Å². The van der Waals surface area contributed by atoms with Crippen molar-refractivity contribution >= 4 is 14.3 Å². The monoisotopic (exact) mass is 158 g/mol. The lowest BCUT2D eigenvalue weighted by atomic mass is 10.9. The molecule has 0 fully saturated rings. The average Bonchev–Trinajstić information content (AvgIpc) is 1.87. The van der Waals surface area contributed by atoms with Crippen LogP contribution < -0.4 is 0 Å². The summed E-state index contributed by atoms with van der Waals surface area (Å²) in [7, 11) is -1.85. The Morgan fingerprint density at radius 3 is 2.40 bits per heavy atom. The number of hydrogen-bond donors (Lipinski definition) is 0. The van der Waals surface area contributed by atoms with Crippen molar-refractivity contribution in [1.29, 1.82) is 0 Å². The molecule has 0 aromatic heterocycles. The predicted octanol–water partition coefficient (Wildman–Crippen LogP) is 1.87. The van der Waals surface area contributed by atoms with Crippen LogP contribution in [-0.4, -0.2) is 14.3 Å². The van der Waals surface area contributed by atoms with Crippen LogP contribution in [0.3, 0.4) is 0 Å². The van der Waals surface area contributed by atoms with Crippen molar-refractivity contribution in [3.05, 3.63) is 12.3 Å². The van der Waals surface area contributed by atoms with Gasteiger partial charge in [-0.25, -0.2) is 0 Å². The quantitative estimate of drug-likeness (QED) is 0.586. The predicted molar refractivity (Wildman–Crippen MR) is 44.1 cm³/mol. The molecular formula is C7H14O2Si. The Hall–Kier alpha value is -0.573. The molecule has 0 aliphatic rings. The fraction of sp³-hybridized carbons (Fsp3) is 0.571. The van der Waals surface area contributed by atoms with Crippen molar-refractivity contribution in [2.45, 2.75) is 26.4 Å². The zero-order valence-electron chi connectivity index (χ0n) is 6.81. The van der Waals surface area contributed by atoms with Gasteiger partial charge in [0.25, 0.3) is 14.3 Å². The highest BCUT2D eigenvalue weighted by molar-refractivity contribution is 6.78. The Morgan fingerprint density at radius 1 is 1.80 bits per heavy atom. The first-order chi connectivity index (χ1) is 4.54. The lowest BCUT2D eigenvalue weighted by molar-refractivity contribution is -0.132. The van der Waals surface area contributed by atoms with E-state index in [1.165, 1.54) is 6.92 Å². The second-order valence-corrected chi connectivity index (χ2v) is 6.41. The Bertz CT molecular complexity index is 145. The van der Waals surface area contributed by atoms with E-state index in [2.05, 4.69) is 6.58 Å². The van der Waals surface area contributed by atoms with Crippen LogP contribution in [0.15, 0.2) is 12.3 Å². The first-order valence-corrected chi connectivity index (χ1v) is 6.06. The zero-order chi connectivity index (χ0) is 8.20. The Morgan fingerprint density at radius 2 is 2.30 bits per heavy atom. The van der Waals surface area contributed by atoms with E-state index in [-0.39, 0.29) is 5.97 Å². The van der Waals surface area contributed by atoms with E-state index in [1.807, 2.05) is 13.5 Å². The van der Waals surface area contributed by atoms with Gasteiger partial charge >= 0.3 is 0 Å². The van der Waals surface area contributed by atoms with Crippen molar-refractivity contribution in [3.63, 3.8) is 0 Å². The Labute approximate surface area is 63.0 Å². The van der Waals surface area contributed by atoms with E-state index in [0.29, 0.717) is 0 Å². The molecule has 0 bridgehead atoms. The third kappa shape index (κ3) is 2.82.